The van der Waals surface area contributed by atoms with Crippen LogP contribution in [0.15, 0.2) is 54.6 Å². The number of nitrogens with zero attached hydrogens (tertiary/aromatic N) is 5. The van der Waals surface area contributed by atoms with Gasteiger partial charge in [-0.25, -0.2) is 4.90 Å². The second kappa shape index (κ2) is 11.5. The number of aryl methyl sites for hydroxylation is 1. The Morgan fingerprint density at radius 2 is 1.77 bits per heavy atom. The molecule has 1 atom stereocenters. The van der Waals surface area contributed by atoms with Crippen LogP contribution in [0.4, 0.5) is 30.8 Å². The zero-order valence-electron chi connectivity index (χ0n) is 21.4. The Hall–Kier alpha value is -3.77. The Kier molecular flexibility index (Phi) is 7.94. The summed E-state index contributed by atoms with van der Waals surface area (Å²) in [5, 5.41) is 3.18. The van der Waals surface area contributed by atoms with E-state index in [-0.39, 0.29) is 23.6 Å². The highest BCUT2D eigenvalue weighted by Gasteiger charge is 2.45. The molecule has 1 unspecified atom stereocenters. The number of benzene rings is 2. The lowest BCUT2D eigenvalue weighted by Crippen LogP contribution is -2.42. The number of amides is 1. The minimum Gasteiger partial charge on any atom is -0.490 e. The Morgan fingerprint density at radius 3 is 2.41 bits per heavy atom. The summed E-state index contributed by atoms with van der Waals surface area (Å²) >= 11 is 0. The minimum atomic E-state index is -5.14. The molecule has 2 aliphatic rings. The third kappa shape index (κ3) is 6.45. The maximum Gasteiger partial charge on any atom is 0.472 e. The van der Waals surface area contributed by atoms with Gasteiger partial charge >= 0.3 is 12.1 Å². The van der Waals surface area contributed by atoms with Gasteiger partial charge in [-0.2, -0.15) is 28.1 Å². The van der Waals surface area contributed by atoms with Gasteiger partial charge in [0.15, 0.2) is 5.82 Å². The van der Waals surface area contributed by atoms with Crippen LogP contribution in [0.5, 0.6) is 5.75 Å². The Bertz CT molecular complexity index is 1260. The SMILES string of the molecule is Cc1ccc(OC2CCN(c3nc(C4CNCCO4)nc(N(C(=O)C(F)(F)F)c4ccccc4)n3)CC2)cc1. The van der Waals surface area contributed by atoms with Crippen molar-refractivity contribution in [2.75, 3.05) is 42.6 Å². The molecule has 0 saturated carbocycles. The van der Waals surface area contributed by atoms with Gasteiger partial charge in [0.25, 0.3) is 0 Å². The van der Waals surface area contributed by atoms with Crippen LogP contribution in [-0.2, 0) is 9.53 Å². The smallest absolute Gasteiger partial charge is 0.472 e. The van der Waals surface area contributed by atoms with Crippen LogP contribution < -0.4 is 19.9 Å². The third-order valence-corrected chi connectivity index (χ3v) is 6.55. The molecule has 1 amide bonds. The van der Waals surface area contributed by atoms with E-state index in [1.54, 1.807) is 18.2 Å². The van der Waals surface area contributed by atoms with Gasteiger partial charge in [-0.3, -0.25) is 4.79 Å². The zero-order chi connectivity index (χ0) is 27.4. The summed E-state index contributed by atoms with van der Waals surface area (Å²) in [6, 6.07) is 15.4. The summed E-state index contributed by atoms with van der Waals surface area (Å²) in [4.78, 5) is 28.2. The van der Waals surface area contributed by atoms with Crippen molar-refractivity contribution in [3.8, 4) is 5.75 Å². The number of aromatic nitrogens is 3. The van der Waals surface area contributed by atoms with Crippen molar-refractivity contribution in [2.24, 2.45) is 0 Å². The van der Waals surface area contributed by atoms with E-state index in [1.165, 1.54) is 12.1 Å². The number of carbonyl (C=O) groups excluding carboxylic acids is 1. The van der Waals surface area contributed by atoms with Crippen molar-refractivity contribution in [2.45, 2.75) is 38.1 Å². The number of morpholine rings is 1. The molecule has 2 aromatic carbocycles. The maximum atomic E-state index is 13.7. The predicted octanol–water partition coefficient (Wildman–Crippen LogP) is 4.12. The van der Waals surface area contributed by atoms with Crippen molar-refractivity contribution >= 4 is 23.5 Å². The van der Waals surface area contributed by atoms with Crippen molar-refractivity contribution in [1.29, 1.82) is 0 Å². The monoisotopic (exact) mass is 542 g/mol. The first-order valence-corrected chi connectivity index (χ1v) is 12.8. The number of alkyl halides is 3. The number of hydrogen-bond acceptors (Lipinski definition) is 8. The van der Waals surface area contributed by atoms with Crippen molar-refractivity contribution in [1.82, 2.24) is 20.3 Å². The van der Waals surface area contributed by atoms with Gasteiger partial charge in [0.1, 0.15) is 18.0 Å². The quantitative estimate of drug-likeness (QED) is 0.498. The highest BCUT2D eigenvalue weighted by molar-refractivity contribution is 6.02. The highest BCUT2D eigenvalue weighted by Crippen LogP contribution is 2.32. The molecule has 9 nitrogen and oxygen atoms in total. The number of hydrogen-bond donors (Lipinski definition) is 1. The van der Waals surface area contributed by atoms with Gasteiger partial charge in [-0.15, -0.1) is 0 Å². The van der Waals surface area contributed by atoms with Crippen molar-refractivity contribution in [3.05, 3.63) is 66.0 Å². The van der Waals surface area contributed by atoms with Crippen LogP contribution in [0.2, 0.25) is 0 Å². The standard InChI is InChI=1S/C27H29F3N6O3/c1-18-7-9-20(10-8-18)39-21-11-14-35(15-12-21)25-32-23(22-17-31-13-16-38-22)33-26(34-25)36(24(37)27(28,29)30)19-5-3-2-4-6-19/h2-10,21-22,31H,11-17H2,1H3. The number of carbonyl (C=O) groups is 1. The lowest BCUT2D eigenvalue weighted by molar-refractivity contribution is -0.169. The highest BCUT2D eigenvalue weighted by atomic mass is 19.4. The van der Waals surface area contributed by atoms with Crippen LogP contribution >= 0.6 is 0 Å². The average Bonchev–Trinajstić information content (AvgIpc) is 2.95. The van der Waals surface area contributed by atoms with Gasteiger partial charge in [-0.1, -0.05) is 35.9 Å². The van der Waals surface area contributed by atoms with E-state index >= 15 is 0 Å². The fourth-order valence-electron chi connectivity index (χ4n) is 4.50. The largest absolute Gasteiger partial charge is 0.490 e. The summed E-state index contributed by atoms with van der Waals surface area (Å²) < 4.78 is 53.0. The summed E-state index contributed by atoms with van der Waals surface area (Å²) in [5.41, 5.74) is 1.14. The third-order valence-electron chi connectivity index (χ3n) is 6.55. The van der Waals surface area contributed by atoms with Crippen LogP contribution in [0.1, 0.15) is 30.3 Å². The molecule has 0 bridgehead atoms. The van der Waals surface area contributed by atoms with E-state index in [4.69, 9.17) is 9.47 Å². The number of piperidine rings is 1. The molecular weight excluding hydrogens is 513 g/mol. The first-order chi connectivity index (χ1) is 18.8. The van der Waals surface area contributed by atoms with E-state index in [0.29, 0.717) is 50.5 Å². The first kappa shape index (κ1) is 26.8. The molecular formula is C27H29F3N6O3. The molecule has 2 saturated heterocycles. The molecule has 1 aromatic heterocycles. The van der Waals surface area contributed by atoms with Crippen LogP contribution in [0.25, 0.3) is 0 Å². The second-order valence-corrected chi connectivity index (χ2v) is 9.45. The van der Waals surface area contributed by atoms with E-state index in [1.807, 2.05) is 36.1 Å². The lowest BCUT2D eigenvalue weighted by atomic mass is 10.1. The topological polar surface area (TPSA) is 92.7 Å². The summed E-state index contributed by atoms with van der Waals surface area (Å²) in [6.45, 7) is 4.46. The average molecular weight is 543 g/mol. The summed E-state index contributed by atoms with van der Waals surface area (Å²) in [7, 11) is 0. The normalized spacial score (nSPS) is 18.6. The Labute approximate surface area is 224 Å². The molecule has 3 heterocycles. The van der Waals surface area contributed by atoms with E-state index in [0.717, 1.165) is 11.3 Å². The molecule has 0 radical (unpaired) electrons. The molecule has 1 N–H and O–H groups in total. The molecule has 206 valence electrons. The molecule has 39 heavy (non-hydrogen) atoms. The van der Waals surface area contributed by atoms with E-state index in [9.17, 15) is 18.0 Å². The van der Waals surface area contributed by atoms with Crippen LogP contribution in [0, 0.1) is 6.92 Å². The fraction of sp³-hybridized carbons (Fsp3) is 0.407. The molecule has 2 aliphatic heterocycles. The van der Waals surface area contributed by atoms with Gasteiger partial charge in [0, 0.05) is 39.0 Å². The maximum absolute atomic E-state index is 13.7. The van der Waals surface area contributed by atoms with Crippen molar-refractivity contribution < 1.29 is 27.4 Å². The summed E-state index contributed by atoms with van der Waals surface area (Å²) in [5.74, 6) is -1.36. The lowest BCUT2D eigenvalue weighted by Gasteiger charge is -2.33. The first-order valence-electron chi connectivity index (χ1n) is 12.8. The van der Waals surface area contributed by atoms with Gasteiger partial charge in [-0.05, 0) is 31.2 Å². The number of para-hydroxylation sites is 1. The number of rotatable bonds is 6. The molecule has 2 fully saturated rings. The summed E-state index contributed by atoms with van der Waals surface area (Å²) in [6.07, 6.45) is -4.44. The molecule has 0 aliphatic carbocycles. The number of nitrogens with one attached hydrogen (secondary N) is 1. The molecule has 5 rings (SSSR count). The Balaban J connectivity index is 1.44. The van der Waals surface area contributed by atoms with Gasteiger partial charge in [0.2, 0.25) is 11.9 Å². The molecule has 12 heteroatoms. The van der Waals surface area contributed by atoms with Gasteiger partial charge < -0.3 is 19.7 Å². The molecule has 0 spiro atoms. The number of halogens is 3. The number of ether oxygens (including phenoxy) is 2. The number of anilines is 3. The van der Waals surface area contributed by atoms with E-state index in [2.05, 4.69) is 20.3 Å². The van der Waals surface area contributed by atoms with Crippen molar-refractivity contribution in [3.63, 3.8) is 0 Å². The predicted molar refractivity (Wildman–Crippen MR) is 138 cm³/mol. The minimum absolute atomic E-state index is 0.00387. The zero-order valence-corrected chi connectivity index (χ0v) is 21.4. The van der Waals surface area contributed by atoms with Crippen LogP contribution in [0.3, 0.4) is 0 Å². The van der Waals surface area contributed by atoms with Crippen LogP contribution in [-0.4, -0.2) is 65.9 Å². The van der Waals surface area contributed by atoms with E-state index < -0.39 is 24.1 Å². The van der Waals surface area contributed by atoms with Gasteiger partial charge in [0.05, 0.1) is 12.3 Å². The molecule has 3 aromatic rings. The second-order valence-electron chi connectivity index (χ2n) is 9.45. The fourth-order valence-corrected chi connectivity index (χ4v) is 4.50. The Morgan fingerprint density at radius 1 is 1.05 bits per heavy atom.